The van der Waals surface area contributed by atoms with Crippen LogP contribution in [0, 0.1) is 0 Å². The number of benzene rings is 1. The maximum Gasteiger partial charge on any atom is 0.409 e. The van der Waals surface area contributed by atoms with Gasteiger partial charge in [0.1, 0.15) is 0 Å². The van der Waals surface area contributed by atoms with Crippen LogP contribution in [0.25, 0.3) is 16.9 Å². The molecule has 0 bridgehead atoms. The van der Waals surface area contributed by atoms with Crippen LogP contribution in [-0.4, -0.2) is 50.3 Å². The minimum Gasteiger partial charge on any atom is -0.449 e. The Morgan fingerprint density at radius 1 is 1.28 bits per heavy atom. The van der Waals surface area contributed by atoms with Gasteiger partial charge in [0.25, 0.3) is 0 Å². The van der Waals surface area contributed by atoms with Crippen LogP contribution in [0.2, 0.25) is 0 Å². The lowest BCUT2D eigenvalue weighted by Crippen LogP contribution is -2.39. The number of nitrogen functional groups attached to an aromatic ring is 1. The van der Waals surface area contributed by atoms with Crippen molar-refractivity contribution < 1.29 is 9.53 Å². The smallest absolute Gasteiger partial charge is 0.409 e. The number of anilines is 1. The molecule has 0 aliphatic carbocycles. The summed E-state index contributed by atoms with van der Waals surface area (Å²) in [6.07, 6.45) is 3.45. The molecule has 152 valence electrons. The summed E-state index contributed by atoms with van der Waals surface area (Å²) in [5, 5.41) is 4.58. The van der Waals surface area contributed by atoms with Crippen LogP contribution in [0.5, 0.6) is 0 Å². The minimum absolute atomic E-state index is 0.0574. The van der Waals surface area contributed by atoms with E-state index in [1.807, 2.05) is 36.4 Å². The molecule has 1 fully saturated rings. The average Bonchev–Trinajstić information content (AvgIpc) is 3.19. The molecule has 3 aromatic rings. The van der Waals surface area contributed by atoms with Gasteiger partial charge in [-0.3, -0.25) is 0 Å². The molecule has 3 heterocycles. The van der Waals surface area contributed by atoms with E-state index in [-0.39, 0.29) is 12.0 Å². The number of ether oxygens (including phenoxy) is 1. The third-order valence-corrected chi connectivity index (χ3v) is 5.20. The van der Waals surface area contributed by atoms with E-state index < -0.39 is 0 Å². The van der Waals surface area contributed by atoms with E-state index in [0.717, 1.165) is 36.9 Å². The molecular weight excluding hydrogens is 368 g/mol. The van der Waals surface area contributed by atoms with Gasteiger partial charge >= 0.3 is 6.09 Å². The molecule has 1 unspecified atom stereocenters. The number of carbonyl (C=O) groups excluding carboxylic acids is 1. The highest BCUT2D eigenvalue weighted by atomic mass is 16.6. The average molecular weight is 394 g/mol. The lowest BCUT2D eigenvalue weighted by molar-refractivity contribution is 0.0898. The maximum absolute atomic E-state index is 12.3. The largest absolute Gasteiger partial charge is 0.449 e. The first-order valence-electron chi connectivity index (χ1n) is 10.2. The zero-order chi connectivity index (χ0) is 20.2. The number of unbranched alkanes of at least 4 members (excludes halogenated alkanes) is 1. The Bertz CT molecular complexity index is 988. The standard InChI is InChI=1S/C21H26N6O2/c1-2-3-12-29-21(28)26-11-7-10-16(14-26)19-24-18-13-17(15-8-5-4-6-9-15)23-20(22)27(18)25-19/h4-6,8-9,13,16H,2-3,7,10-12,14H2,1H3,(H2,22,23). The Balaban J connectivity index is 1.54. The number of hydrogen-bond acceptors (Lipinski definition) is 6. The van der Waals surface area contributed by atoms with Crippen molar-refractivity contribution in [3.63, 3.8) is 0 Å². The highest BCUT2D eigenvalue weighted by molar-refractivity contribution is 5.68. The first-order chi connectivity index (χ1) is 14.2. The van der Waals surface area contributed by atoms with E-state index in [0.29, 0.717) is 37.1 Å². The molecule has 0 spiro atoms. The Labute approximate surface area is 169 Å². The Hall–Kier alpha value is -3.16. The molecule has 29 heavy (non-hydrogen) atoms. The van der Waals surface area contributed by atoms with Crippen LogP contribution in [0.1, 0.15) is 44.3 Å². The fourth-order valence-corrected chi connectivity index (χ4v) is 3.61. The van der Waals surface area contributed by atoms with E-state index in [2.05, 4.69) is 17.0 Å². The fourth-order valence-electron chi connectivity index (χ4n) is 3.61. The summed E-state index contributed by atoms with van der Waals surface area (Å²) in [5.74, 6) is 1.04. The normalized spacial score (nSPS) is 16.9. The number of hydrogen-bond donors (Lipinski definition) is 1. The number of fused-ring (bicyclic) bond motifs is 1. The molecule has 1 atom stereocenters. The molecule has 1 aromatic carbocycles. The van der Waals surface area contributed by atoms with E-state index in [4.69, 9.17) is 15.5 Å². The number of amides is 1. The zero-order valence-corrected chi connectivity index (χ0v) is 16.6. The Kier molecular flexibility index (Phi) is 5.59. The highest BCUT2D eigenvalue weighted by Gasteiger charge is 2.28. The summed E-state index contributed by atoms with van der Waals surface area (Å²) >= 11 is 0. The molecule has 0 radical (unpaired) electrons. The van der Waals surface area contributed by atoms with Gasteiger partial charge < -0.3 is 15.4 Å². The van der Waals surface area contributed by atoms with Gasteiger partial charge in [0.2, 0.25) is 5.95 Å². The van der Waals surface area contributed by atoms with Gasteiger partial charge in [-0.15, -0.1) is 5.10 Å². The molecule has 8 heteroatoms. The maximum atomic E-state index is 12.3. The molecule has 8 nitrogen and oxygen atoms in total. The van der Waals surface area contributed by atoms with Crippen molar-refractivity contribution >= 4 is 17.7 Å². The highest BCUT2D eigenvalue weighted by Crippen LogP contribution is 2.27. The number of nitrogens with zero attached hydrogens (tertiary/aromatic N) is 5. The van der Waals surface area contributed by atoms with Gasteiger partial charge in [-0.25, -0.2) is 14.8 Å². The lowest BCUT2D eigenvalue weighted by Gasteiger charge is -2.30. The minimum atomic E-state index is -0.251. The van der Waals surface area contributed by atoms with Crippen LogP contribution in [0.3, 0.4) is 0 Å². The summed E-state index contributed by atoms with van der Waals surface area (Å²) in [5.41, 5.74) is 8.55. The van der Waals surface area contributed by atoms with Gasteiger partial charge in [0.05, 0.1) is 12.3 Å². The fraction of sp³-hybridized carbons (Fsp3) is 0.429. The van der Waals surface area contributed by atoms with Gasteiger partial charge in [-0.2, -0.15) is 4.52 Å². The lowest BCUT2D eigenvalue weighted by atomic mass is 9.98. The second-order valence-corrected chi connectivity index (χ2v) is 7.36. The topological polar surface area (TPSA) is 98.6 Å². The van der Waals surface area contributed by atoms with Crippen molar-refractivity contribution in [2.75, 3.05) is 25.4 Å². The number of piperidine rings is 1. The summed E-state index contributed by atoms with van der Waals surface area (Å²) < 4.78 is 6.93. The monoisotopic (exact) mass is 394 g/mol. The summed E-state index contributed by atoms with van der Waals surface area (Å²) in [6.45, 7) is 3.80. The van der Waals surface area contributed by atoms with E-state index in [1.54, 1.807) is 9.42 Å². The second-order valence-electron chi connectivity index (χ2n) is 7.36. The van der Waals surface area contributed by atoms with Crippen LogP contribution in [-0.2, 0) is 4.74 Å². The Morgan fingerprint density at radius 2 is 2.10 bits per heavy atom. The molecule has 1 amide bonds. The van der Waals surface area contributed by atoms with Crippen molar-refractivity contribution in [1.82, 2.24) is 24.5 Å². The van der Waals surface area contributed by atoms with Gasteiger partial charge in [0, 0.05) is 30.6 Å². The number of nitrogens with two attached hydrogens (primary N) is 1. The molecule has 2 aromatic heterocycles. The summed E-state index contributed by atoms with van der Waals surface area (Å²) in [6, 6.07) is 11.7. The molecule has 2 N–H and O–H groups in total. The van der Waals surface area contributed by atoms with Gasteiger partial charge in [-0.05, 0) is 19.3 Å². The molecule has 1 saturated heterocycles. The van der Waals surface area contributed by atoms with Crippen molar-refractivity contribution in [3.05, 3.63) is 42.2 Å². The van der Waals surface area contributed by atoms with E-state index in [1.165, 1.54) is 0 Å². The number of likely N-dealkylation sites (tertiary alicyclic amines) is 1. The molecule has 1 aliphatic heterocycles. The zero-order valence-electron chi connectivity index (χ0n) is 16.6. The van der Waals surface area contributed by atoms with Gasteiger partial charge in [-0.1, -0.05) is 43.7 Å². The van der Waals surface area contributed by atoms with Crippen LogP contribution < -0.4 is 5.73 Å². The molecular formula is C21H26N6O2. The van der Waals surface area contributed by atoms with E-state index in [9.17, 15) is 4.79 Å². The van der Waals surface area contributed by atoms with Crippen molar-refractivity contribution in [3.8, 4) is 11.3 Å². The quantitative estimate of drug-likeness (QED) is 0.665. The molecule has 4 rings (SSSR count). The van der Waals surface area contributed by atoms with Crippen LogP contribution in [0.15, 0.2) is 36.4 Å². The first-order valence-corrected chi connectivity index (χ1v) is 10.2. The number of aromatic nitrogens is 4. The Morgan fingerprint density at radius 3 is 2.90 bits per heavy atom. The number of carbonyl (C=O) groups is 1. The molecule has 1 aliphatic rings. The molecule has 0 saturated carbocycles. The third kappa shape index (κ3) is 4.16. The van der Waals surface area contributed by atoms with Crippen LogP contribution >= 0.6 is 0 Å². The SMILES string of the molecule is CCCCOC(=O)N1CCCC(c2nc3cc(-c4ccccc4)nc(N)n3n2)C1. The van der Waals surface area contributed by atoms with Gasteiger partial charge in [0.15, 0.2) is 11.5 Å². The summed E-state index contributed by atoms with van der Waals surface area (Å²) in [7, 11) is 0. The van der Waals surface area contributed by atoms with Crippen molar-refractivity contribution in [2.24, 2.45) is 0 Å². The van der Waals surface area contributed by atoms with E-state index >= 15 is 0 Å². The van der Waals surface area contributed by atoms with Crippen molar-refractivity contribution in [1.29, 1.82) is 0 Å². The predicted molar refractivity (Wildman–Crippen MR) is 110 cm³/mol. The summed E-state index contributed by atoms with van der Waals surface area (Å²) in [4.78, 5) is 23.2. The van der Waals surface area contributed by atoms with Crippen LogP contribution in [0.4, 0.5) is 10.7 Å². The van der Waals surface area contributed by atoms with Crippen molar-refractivity contribution in [2.45, 2.75) is 38.5 Å². The number of rotatable bonds is 5. The predicted octanol–water partition coefficient (Wildman–Crippen LogP) is 3.49. The first kappa shape index (κ1) is 19.2. The third-order valence-electron chi connectivity index (χ3n) is 5.20. The second kappa shape index (κ2) is 8.46.